The average molecular weight is 316 g/mol. The van der Waals surface area contributed by atoms with Gasteiger partial charge in [0.05, 0.1) is 11.4 Å². The zero-order chi connectivity index (χ0) is 15.6. The van der Waals surface area contributed by atoms with Crippen molar-refractivity contribution in [2.75, 3.05) is 11.1 Å². The molecule has 0 fully saturated rings. The summed E-state index contributed by atoms with van der Waals surface area (Å²) in [6, 6.07) is 4.14. The Labute approximate surface area is 124 Å². The van der Waals surface area contributed by atoms with Crippen LogP contribution in [-0.4, -0.2) is 6.61 Å². The van der Waals surface area contributed by atoms with Gasteiger partial charge in [-0.1, -0.05) is 0 Å². The molecular weight excluding hydrogens is 301 g/mol. The van der Waals surface area contributed by atoms with Crippen molar-refractivity contribution in [3.05, 3.63) is 39.3 Å². The summed E-state index contributed by atoms with van der Waals surface area (Å²) in [6.45, 7) is 1.42. The Morgan fingerprint density at radius 1 is 1.29 bits per heavy atom. The lowest BCUT2D eigenvalue weighted by atomic mass is 10.2. The van der Waals surface area contributed by atoms with Crippen LogP contribution in [0.5, 0.6) is 5.75 Å². The molecule has 0 amide bonds. The van der Waals surface area contributed by atoms with Gasteiger partial charge in [0.15, 0.2) is 11.6 Å². The van der Waals surface area contributed by atoms with Gasteiger partial charge in [-0.05, 0) is 25.5 Å². The molecule has 1 aromatic heterocycles. The normalized spacial score (nSPS) is 11.0. The fourth-order valence-electron chi connectivity index (χ4n) is 1.83. The maximum absolute atomic E-state index is 13.4. The van der Waals surface area contributed by atoms with E-state index in [0.717, 1.165) is 17.0 Å². The van der Waals surface area contributed by atoms with Crippen LogP contribution < -0.4 is 15.8 Å². The summed E-state index contributed by atoms with van der Waals surface area (Å²) >= 11 is 1.63. The Morgan fingerprint density at radius 2 is 2.00 bits per heavy atom. The van der Waals surface area contributed by atoms with Gasteiger partial charge in [-0.15, -0.1) is 11.3 Å². The largest absolute Gasteiger partial charge is 0.432 e. The third-order valence-corrected chi connectivity index (χ3v) is 4.14. The molecular formula is C14H15F3N2OS. The summed E-state index contributed by atoms with van der Waals surface area (Å²) in [5.74, 6) is -1.44. The van der Waals surface area contributed by atoms with Crippen molar-refractivity contribution in [2.24, 2.45) is 0 Å². The number of hydrogen-bond acceptors (Lipinski definition) is 4. The van der Waals surface area contributed by atoms with Gasteiger partial charge >= 0.3 is 6.61 Å². The minimum Gasteiger partial charge on any atom is -0.432 e. The average Bonchev–Trinajstić information content (AvgIpc) is 2.70. The highest BCUT2D eigenvalue weighted by atomic mass is 32.1. The van der Waals surface area contributed by atoms with Crippen LogP contribution in [0.4, 0.5) is 24.5 Å². The van der Waals surface area contributed by atoms with Gasteiger partial charge in [0, 0.05) is 28.4 Å². The molecule has 1 aromatic carbocycles. The Bertz CT molecular complexity index is 624. The van der Waals surface area contributed by atoms with Crippen LogP contribution in [0.1, 0.15) is 15.3 Å². The maximum atomic E-state index is 13.4. The smallest absolute Gasteiger partial charge is 0.387 e. The second kappa shape index (κ2) is 6.26. The molecule has 0 spiro atoms. The number of alkyl halides is 2. The van der Waals surface area contributed by atoms with Crippen molar-refractivity contribution >= 4 is 22.7 Å². The van der Waals surface area contributed by atoms with E-state index >= 15 is 0 Å². The molecule has 0 atom stereocenters. The number of halogens is 3. The van der Waals surface area contributed by atoms with Gasteiger partial charge in [0.25, 0.3) is 0 Å². The van der Waals surface area contributed by atoms with Gasteiger partial charge in [0.1, 0.15) is 0 Å². The standard InChI is InChI=1S/C14H15F3N2OS/c1-7-3-9(21-8(7)2)6-19-12-5-13(20-14(16)17)10(15)4-11(12)18/h3-5,14,19H,6,18H2,1-2H3. The Kier molecular flexibility index (Phi) is 4.62. The van der Waals surface area contributed by atoms with Gasteiger partial charge in [0.2, 0.25) is 0 Å². The Balaban J connectivity index is 2.15. The zero-order valence-corrected chi connectivity index (χ0v) is 12.4. The van der Waals surface area contributed by atoms with Crippen molar-refractivity contribution in [2.45, 2.75) is 27.0 Å². The summed E-state index contributed by atoms with van der Waals surface area (Å²) < 4.78 is 41.9. The molecule has 114 valence electrons. The molecule has 0 radical (unpaired) electrons. The predicted octanol–water partition coefficient (Wildman–Crippen LogP) is 4.30. The highest BCUT2D eigenvalue weighted by Crippen LogP contribution is 2.30. The van der Waals surface area contributed by atoms with Gasteiger partial charge in [-0.2, -0.15) is 8.78 Å². The van der Waals surface area contributed by atoms with E-state index in [-0.39, 0.29) is 5.69 Å². The summed E-state index contributed by atoms with van der Waals surface area (Å²) in [5.41, 5.74) is 7.36. The maximum Gasteiger partial charge on any atom is 0.387 e. The lowest BCUT2D eigenvalue weighted by Gasteiger charge is -2.12. The van der Waals surface area contributed by atoms with Gasteiger partial charge in [-0.25, -0.2) is 4.39 Å². The molecule has 21 heavy (non-hydrogen) atoms. The number of nitrogen functional groups attached to an aromatic ring is 1. The van der Waals surface area contributed by atoms with Crippen LogP contribution in [0.2, 0.25) is 0 Å². The summed E-state index contributed by atoms with van der Waals surface area (Å²) in [4.78, 5) is 2.28. The minimum atomic E-state index is -3.08. The van der Waals surface area contributed by atoms with E-state index in [4.69, 9.17) is 5.73 Å². The monoisotopic (exact) mass is 316 g/mol. The first-order valence-electron chi connectivity index (χ1n) is 6.20. The van der Waals surface area contributed by atoms with Crippen LogP contribution in [0.15, 0.2) is 18.2 Å². The van der Waals surface area contributed by atoms with Gasteiger partial charge in [-0.3, -0.25) is 0 Å². The third kappa shape index (κ3) is 3.81. The quantitative estimate of drug-likeness (QED) is 0.809. The second-order valence-electron chi connectivity index (χ2n) is 4.55. The van der Waals surface area contributed by atoms with Crippen LogP contribution in [0, 0.1) is 19.7 Å². The summed E-state index contributed by atoms with van der Waals surface area (Å²) in [6.07, 6.45) is 0. The molecule has 0 bridgehead atoms. The van der Waals surface area contributed by atoms with E-state index in [0.29, 0.717) is 12.2 Å². The number of thiophene rings is 1. The van der Waals surface area contributed by atoms with Crippen molar-refractivity contribution in [3.63, 3.8) is 0 Å². The first kappa shape index (κ1) is 15.5. The van der Waals surface area contributed by atoms with Crippen LogP contribution in [0.25, 0.3) is 0 Å². The van der Waals surface area contributed by atoms with E-state index in [1.165, 1.54) is 10.4 Å². The van der Waals surface area contributed by atoms with E-state index in [1.54, 1.807) is 11.3 Å². The molecule has 7 heteroatoms. The molecule has 3 N–H and O–H groups in total. The molecule has 0 saturated carbocycles. The Morgan fingerprint density at radius 3 is 2.57 bits per heavy atom. The number of anilines is 2. The van der Waals surface area contributed by atoms with E-state index in [1.807, 2.05) is 19.9 Å². The molecule has 0 saturated heterocycles. The van der Waals surface area contributed by atoms with E-state index in [9.17, 15) is 13.2 Å². The zero-order valence-electron chi connectivity index (χ0n) is 11.5. The predicted molar refractivity (Wildman–Crippen MR) is 78.6 cm³/mol. The molecule has 2 rings (SSSR count). The van der Waals surface area contributed by atoms with Crippen molar-refractivity contribution in [3.8, 4) is 5.75 Å². The molecule has 1 heterocycles. The highest BCUT2D eigenvalue weighted by molar-refractivity contribution is 7.12. The molecule has 3 nitrogen and oxygen atoms in total. The molecule has 0 aliphatic rings. The fraction of sp³-hybridized carbons (Fsp3) is 0.286. The van der Waals surface area contributed by atoms with Crippen molar-refractivity contribution in [1.82, 2.24) is 0 Å². The van der Waals surface area contributed by atoms with Crippen LogP contribution in [-0.2, 0) is 6.54 Å². The lowest BCUT2D eigenvalue weighted by Crippen LogP contribution is -2.07. The Hall–Kier alpha value is -1.89. The highest BCUT2D eigenvalue weighted by Gasteiger charge is 2.13. The van der Waals surface area contributed by atoms with E-state index in [2.05, 4.69) is 10.1 Å². The summed E-state index contributed by atoms with van der Waals surface area (Å²) in [5, 5.41) is 3.00. The number of benzene rings is 1. The number of rotatable bonds is 5. The van der Waals surface area contributed by atoms with Crippen molar-refractivity contribution < 1.29 is 17.9 Å². The number of aryl methyl sites for hydroxylation is 2. The number of hydrogen-bond donors (Lipinski definition) is 2. The lowest BCUT2D eigenvalue weighted by molar-refractivity contribution is -0.0521. The van der Waals surface area contributed by atoms with Crippen LogP contribution in [0.3, 0.4) is 0 Å². The molecule has 2 aromatic rings. The first-order chi connectivity index (χ1) is 9.86. The SMILES string of the molecule is Cc1cc(CNc2cc(OC(F)F)c(F)cc2N)sc1C. The first-order valence-corrected chi connectivity index (χ1v) is 7.02. The number of ether oxygens (including phenoxy) is 1. The van der Waals surface area contributed by atoms with Crippen molar-refractivity contribution in [1.29, 1.82) is 0 Å². The summed E-state index contributed by atoms with van der Waals surface area (Å²) in [7, 11) is 0. The third-order valence-electron chi connectivity index (χ3n) is 2.99. The fourth-order valence-corrected chi connectivity index (χ4v) is 2.82. The second-order valence-corrected chi connectivity index (χ2v) is 5.89. The van der Waals surface area contributed by atoms with E-state index < -0.39 is 18.2 Å². The topological polar surface area (TPSA) is 47.3 Å². The molecule has 0 aliphatic carbocycles. The van der Waals surface area contributed by atoms with Gasteiger partial charge < -0.3 is 15.8 Å². The molecule has 0 unspecified atom stereocenters. The minimum absolute atomic E-state index is 0.138. The molecule has 0 aliphatic heterocycles. The number of nitrogens with one attached hydrogen (secondary N) is 1. The van der Waals surface area contributed by atoms with Crippen LogP contribution >= 0.6 is 11.3 Å². The number of nitrogens with two attached hydrogens (primary N) is 1.